The summed E-state index contributed by atoms with van der Waals surface area (Å²) in [6.07, 6.45) is 0. The molecule has 0 N–H and O–H groups in total. The number of carboxylic acid groups (broad SMARTS) is 1. The molecule has 1 aliphatic heterocycles. The standard InChI is InChI=1S/C22H13Br2NO6.2Na/c1-9-7-13-16(11-5-3-4-6-12(11)22(27)28)14-8-15(25(29)30)10(2)17(23)20(14)31-21(13)18(24)19(9)26;;/h3-8,26H,2H2,1H3,(H,27,28);;/q;2*+1/p-2. The molecular weight excluding hydrogens is 580 g/mol. The smallest absolute Gasteiger partial charge is 0.871 e. The zero-order valence-corrected chi connectivity index (χ0v) is 25.0. The first-order valence-corrected chi connectivity index (χ1v) is 10.4. The van der Waals surface area contributed by atoms with Crippen molar-refractivity contribution in [2.45, 2.75) is 6.92 Å². The van der Waals surface area contributed by atoms with Crippen LogP contribution in [0.5, 0.6) is 17.2 Å². The van der Waals surface area contributed by atoms with Crippen LogP contribution >= 0.6 is 31.9 Å². The van der Waals surface area contributed by atoms with Crippen LogP contribution in [0.15, 0.2) is 45.3 Å². The molecular formula is C22H11Br2NNa2O6. The average molecular weight is 591 g/mol. The van der Waals surface area contributed by atoms with E-state index in [9.17, 15) is 25.1 Å². The number of aromatic carboxylic acids is 1. The van der Waals surface area contributed by atoms with Gasteiger partial charge in [0.25, 0.3) is 5.69 Å². The Morgan fingerprint density at radius 3 is 2.30 bits per heavy atom. The molecule has 3 aromatic carbocycles. The summed E-state index contributed by atoms with van der Waals surface area (Å²) < 4.78 is 6.39. The van der Waals surface area contributed by atoms with Gasteiger partial charge in [0, 0.05) is 28.0 Å². The number of benzene rings is 3. The summed E-state index contributed by atoms with van der Waals surface area (Å²) in [4.78, 5) is 22.9. The van der Waals surface area contributed by atoms with Crippen LogP contribution in [-0.2, 0) is 0 Å². The van der Waals surface area contributed by atoms with Gasteiger partial charge in [-0.25, -0.2) is 0 Å². The van der Waals surface area contributed by atoms with Crippen LogP contribution in [0.4, 0.5) is 5.69 Å². The first kappa shape index (κ1) is 28.1. The molecule has 0 atom stereocenters. The Morgan fingerprint density at radius 2 is 1.70 bits per heavy atom. The fourth-order valence-electron chi connectivity index (χ4n) is 3.55. The monoisotopic (exact) mass is 589 g/mol. The molecule has 0 unspecified atom stereocenters. The number of carboxylic acids is 1. The second kappa shape index (κ2) is 10.6. The van der Waals surface area contributed by atoms with E-state index in [1.165, 1.54) is 12.1 Å². The predicted molar refractivity (Wildman–Crippen MR) is 116 cm³/mol. The molecule has 0 saturated heterocycles. The summed E-state index contributed by atoms with van der Waals surface area (Å²) in [6.45, 7) is 5.36. The minimum atomic E-state index is -1.41. The predicted octanol–water partition coefficient (Wildman–Crippen LogP) is -3.36. The topological polar surface area (TPSA) is 116 Å². The number of fused-ring (bicyclic) bond motifs is 2. The van der Waals surface area contributed by atoms with Crippen molar-refractivity contribution in [3.63, 3.8) is 0 Å². The van der Waals surface area contributed by atoms with Crippen LogP contribution in [0, 0.1) is 17.0 Å². The number of non-ortho nitro benzene ring substituents is 1. The number of carbonyl (C=O) groups is 1. The number of carbonyl (C=O) groups excluding carboxylic acids is 1. The first-order valence-electron chi connectivity index (χ1n) is 8.82. The third-order valence-electron chi connectivity index (χ3n) is 5.02. The quantitative estimate of drug-likeness (QED) is 0.140. The van der Waals surface area contributed by atoms with E-state index in [1.807, 2.05) is 0 Å². The molecule has 11 heteroatoms. The summed E-state index contributed by atoms with van der Waals surface area (Å²) in [5.74, 6) is -1.32. The molecule has 1 heterocycles. The van der Waals surface area contributed by atoms with E-state index in [2.05, 4.69) is 38.4 Å². The number of hydrogen-bond donors (Lipinski definition) is 0. The average Bonchev–Trinajstić information content (AvgIpc) is 2.73. The second-order valence-corrected chi connectivity index (χ2v) is 8.43. The van der Waals surface area contributed by atoms with Gasteiger partial charge in [-0.15, -0.1) is 0 Å². The largest absolute Gasteiger partial charge is 1.00 e. The summed E-state index contributed by atoms with van der Waals surface area (Å²) in [5, 5.41) is 36.3. The van der Waals surface area contributed by atoms with Crippen LogP contribution in [0.3, 0.4) is 0 Å². The zero-order valence-electron chi connectivity index (χ0n) is 17.8. The Bertz CT molecular complexity index is 1440. The normalized spacial score (nSPS) is 11.3. The number of ether oxygens (including phenoxy) is 1. The van der Waals surface area contributed by atoms with Crippen LogP contribution < -0.4 is 84.5 Å². The molecule has 7 nitrogen and oxygen atoms in total. The van der Waals surface area contributed by atoms with E-state index >= 15 is 0 Å². The van der Waals surface area contributed by atoms with Crippen LogP contribution in [0.2, 0.25) is 0 Å². The molecule has 0 radical (unpaired) electrons. The van der Waals surface area contributed by atoms with Gasteiger partial charge >= 0.3 is 59.1 Å². The summed E-state index contributed by atoms with van der Waals surface area (Å²) in [6, 6.07) is 9.02. The van der Waals surface area contributed by atoms with Crippen molar-refractivity contribution in [2.75, 3.05) is 0 Å². The van der Waals surface area contributed by atoms with Crippen LogP contribution in [0.1, 0.15) is 27.0 Å². The van der Waals surface area contributed by atoms with E-state index in [-0.39, 0.29) is 113 Å². The van der Waals surface area contributed by atoms with Crippen molar-refractivity contribution in [1.82, 2.24) is 0 Å². The molecule has 0 aromatic heterocycles. The number of aryl methyl sites for hydroxylation is 1. The number of hydrogen-bond acceptors (Lipinski definition) is 6. The van der Waals surface area contributed by atoms with Crippen molar-refractivity contribution in [2.24, 2.45) is 0 Å². The van der Waals surface area contributed by atoms with Gasteiger partial charge in [-0.2, -0.15) is 0 Å². The Morgan fingerprint density at radius 1 is 1.06 bits per heavy atom. The van der Waals surface area contributed by atoms with Crippen molar-refractivity contribution < 1.29 is 83.8 Å². The van der Waals surface area contributed by atoms with Crippen molar-refractivity contribution in [3.05, 3.63) is 88.1 Å². The molecule has 4 rings (SSSR count). The number of rotatable bonds is 3. The Balaban J connectivity index is 0.00000193. The van der Waals surface area contributed by atoms with E-state index in [1.54, 1.807) is 31.2 Å². The SMILES string of the molecule is C=c1c([N+](=O)[O-])cc2c(c1Br)Oc1c(cc(C)c([O-])c1Br)C=2c1ccccc1C(=O)[O-].[Na+].[Na+]. The van der Waals surface area contributed by atoms with Gasteiger partial charge in [0.15, 0.2) is 5.75 Å². The number of nitro groups is 1. The van der Waals surface area contributed by atoms with Crippen molar-refractivity contribution in [1.29, 1.82) is 0 Å². The van der Waals surface area contributed by atoms with Gasteiger partial charge in [-0.1, -0.05) is 42.2 Å². The molecule has 0 spiro atoms. The molecule has 0 fully saturated rings. The molecule has 0 aliphatic carbocycles. The molecule has 0 amide bonds. The molecule has 0 bridgehead atoms. The fourth-order valence-corrected chi connectivity index (χ4v) is 4.65. The van der Waals surface area contributed by atoms with Crippen LogP contribution in [-0.4, -0.2) is 10.9 Å². The maximum atomic E-state index is 12.5. The first-order chi connectivity index (χ1) is 14.6. The summed E-state index contributed by atoms with van der Waals surface area (Å²) in [7, 11) is 0. The van der Waals surface area contributed by atoms with Gasteiger partial charge in [0.2, 0.25) is 0 Å². The van der Waals surface area contributed by atoms with E-state index in [0.717, 1.165) is 0 Å². The third-order valence-corrected chi connectivity index (χ3v) is 6.58. The van der Waals surface area contributed by atoms with Gasteiger partial charge in [0.1, 0.15) is 5.75 Å². The summed E-state index contributed by atoms with van der Waals surface area (Å²) in [5.41, 5.74) is 1.08. The van der Waals surface area contributed by atoms with E-state index < -0.39 is 10.9 Å². The van der Waals surface area contributed by atoms with Gasteiger partial charge < -0.3 is 19.7 Å². The zero-order chi connectivity index (χ0) is 22.6. The Labute approximate surface area is 249 Å². The minimum absolute atomic E-state index is 0. The Hall–Kier alpha value is -1.17. The van der Waals surface area contributed by atoms with Crippen LogP contribution in [0.25, 0.3) is 12.2 Å². The minimum Gasteiger partial charge on any atom is -0.871 e. The van der Waals surface area contributed by atoms with Gasteiger partial charge in [0.05, 0.1) is 25.1 Å². The van der Waals surface area contributed by atoms with E-state index in [4.69, 9.17) is 4.74 Å². The number of nitrogens with zero attached hydrogens (tertiary/aromatic N) is 1. The van der Waals surface area contributed by atoms with Gasteiger partial charge in [-0.05, 0) is 50.4 Å². The maximum Gasteiger partial charge on any atom is 1.00 e. The fraction of sp³-hybridized carbons (Fsp3) is 0.0455. The number of nitro benzene ring substituents is 1. The third kappa shape index (κ3) is 4.70. The summed E-state index contributed by atoms with van der Waals surface area (Å²) >= 11 is 6.59. The maximum absolute atomic E-state index is 12.5. The molecule has 33 heavy (non-hydrogen) atoms. The van der Waals surface area contributed by atoms with Crippen molar-refractivity contribution in [3.8, 4) is 17.2 Å². The van der Waals surface area contributed by atoms with Gasteiger partial charge in [-0.3, -0.25) is 10.1 Å². The molecule has 1 aliphatic rings. The molecule has 3 aromatic rings. The van der Waals surface area contributed by atoms with Crippen molar-refractivity contribution >= 4 is 55.7 Å². The molecule has 156 valence electrons. The van der Waals surface area contributed by atoms with E-state index in [0.29, 0.717) is 16.7 Å². The number of halogens is 2. The molecule has 0 saturated carbocycles. The second-order valence-electron chi connectivity index (χ2n) is 6.85. The Kier molecular flexibility index (Phi) is 9.03.